The summed E-state index contributed by atoms with van der Waals surface area (Å²) < 4.78 is 18.9. The predicted molar refractivity (Wildman–Crippen MR) is 98.3 cm³/mol. The van der Waals surface area contributed by atoms with E-state index in [1.54, 1.807) is 6.07 Å². The highest BCUT2D eigenvalue weighted by Gasteiger charge is 2.13. The predicted octanol–water partition coefficient (Wildman–Crippen LogP) is 3.58. The van der Waals surface area contributed by atoms with Crippen LogP contribution in [0.3, 0.4) is 0 Å². The fourth-order valence-electron chi connectivity index (χ4n) is 2.59. The summed E-state index contributed by atoms with van der Waals surface area (Å²) in [4.78, 5) is 4.28. The van der Waals surface area contributed by atoms with E-state index in [9.17, 15) is 4.39 Å². The first-order chi connectivity index (χ1) is 10.2. The van der Waals surface area contributed by atoms with Crippen LogP contribution in [-0.2, 0) is 6.54 Å². The fourth-order valence-corrected chi connectivity index (χ4v) is 2.59. The van der Waals surface area contributed by atoms with Gasteiger partial charge in [0, 0.05) is 6.04 Å². The Bertz CT molecular complexity index is 490. The van der Waals surface area contributed by atoms with Gasteiger partial charge in [0.25, 0.3) is 0 Å². The van der Waals surface area contributed by atoms with Gasteiger partial charge in [0.2, 0.25) is 0 Å². The molecule has 1 aromatic rings. The van der Waals surface area contributed by atoms with Gasteiger partial charge in [-0.2, -0.15) is 0 Å². The molecule has 3 N–H and O–H groups in total. The quantitative estimate of drug-likeness (QED) is 0.434. The molecule has 22 heavy (non-hydrogen) atoms. The minimum atomic E-state index is -0.358. The van der Waals surface area contributed by atoms with Gasteiger partial charge >= 0.3 is 0 Å². The summed E-state index contributed by atoms with van der Waals surface area (Å²) in [5.41, 5.74) is 6.67. The standard InChI is InChI=1S/C16H24FN3O.HI/c1-2-21-15-9-8-12(10-14(15)17)11-19-16(18)20-13-6-4-3-5-7-13;/h8-10,13H,2-7,11H2,1H3,(H3,18,19,20);1H. The van der Waals surface area contributed by atoms with Gasteiger partial charge in [-0.3, -0.25) is 0 Å². The van der Waals surface area contributed by atoms with Crippen LogP contribution in [0.5, 0.6) is 5.75 Å². The molecule has 0 atom stereocenters. The van der Waals surface area contributed by atoms with E-state index in [1.807, 2.05) is 13.0 Å². The molecule has 4 nitrogen and oxygen atoms in total. The van der Waals surface area contributed by atoms with E-state index in [0.717, 1.165) is 18.4 Å². The summed E-state index contributed by atoms with van der Waals surface area (Å²) in [5, 5.41) is 3.24. The molecule has 0 radical (unpaired) electrons. The molecule has 124 valence electrons. The summed E-state index contributed by atoms with van der Waals surface area (Å²) in [6.07, 6.45) is 6.09. The van der Waals surface area contributed by atoms with Crippen molar-refractivity contribution >= 4 is 29.9 Å². The number of ether oxygens (including phenoxy) is 1. The molecule has 0 bridgehead atoms. The van der Waals surface area contributed by atoms with Crippen LogP contribution < -0.4 is 15.8 Å². The van der Waals surface area contributed by atoms with Crippen LogP contribution in [0.4, 0.5) is 4.39 Å². The third-order valence-corrected chi connectivity index (χ3v) is 3.69. The highest BCUT2D eigenvalue weighted by Crippen LogP contribution is 2.19. The molecular formula is C16H25FIN3O. The van der Waals surface area contributed by atoms with Crippen molar-refractivity contribution in [3.63, 3.8) is 0 Å². The number of benzene rings is 1. The van der Waals surface area contributed by atoms with Crippen LogP contribution >= 0.6 is 24.0 Å². The molecule has 1 fully saturated rings. The van der Waals surface area contributed by atoms with Crippen LogP contribution in [-0.4, -0.2) is 18.6 Å². The summed E-state index contributed by atoms with van der Waals surface area (Å²) in [6, 6.07) is 5.32. The Morgan fingerprint density at radius 1 is 1.36 bits per heavy atom. The molecule has 1 aromatic carbocycles. The van der Waals surface area contributed by atoms with Crippen molar-refractivity contribution in [2.45, 2.75) is 51.6 Å². The third kappa shape index (κ3) is 5.98. The molecule has 0 amide bonds. The first kappa shape index (κ1) is 19.0. The highest BCUT2D eigenvalue weighted by molar-refractivity contribution is 14.0. The molecule has 0 heterocycles. The SMILES string of the molecule is CCOc1ccc(CN=C(N)NC2CCCCC2)cc1F.I. The van der Waals surface area contributed by atoms with Gasteiger partial charge in [-0.05, 0) is 37.5 Å². The number of hydrogen-bond acceptors (Lipinski definition) is 2. The Labute approximate surface area is 148 Å². The minimum Gasteiger partial charge on any atom is -0.491 e. The van der Waals surface area contributed by atoms with Crippen molar-refractivity contribution < 1.29 is 9.13 Å². The molecular weight excluding hydrogens is 396 g/mol. The number of halogens is 2. The Morgan fingerprint density at radius 3 is 2.73 bits per heavy atom. The Kier molecular flexibility index (Phi) is 8.52. The first-order valence-electron chi connectivity index (χ1n) is 7.66. The van der Waals surface area contributed by atoms with Crippen molar-refractivity contribution in [3.05, 3.63) is 29.6 Å². The largest absolute Gasteiger partial charge is 0.491 e. The van der Waals surface area contributed by atoms with E-state index in [1.165, 1.54) is 25.3 Å². The van der Waals surface area contributed by atoms with Crippen molar-refractivity contribution in [2.24, 2.45) is 10.7 Å². The normalized spacial score (nSPS) is 16.0. The summed E-state index contributed by atoms with van der Waals surface area (Å²) in [5.74, 6) is 0.359. The lowest BCUT2D eigenvalue weighted by atomic mass is 9.96. The van der Waals surface area contributed by atoms with Gasteiger partial charge in [-0.25, -0.2) is 9.38 Å². The molecule has 1 aliphatic carbocycles. The number of guanidine groups is 1. The molecule has 6 heteroatoms. The van der Waals surface area contributed by atoms with Gasteiger partial charge in [-0.15, -0.1) is 24.0 Å². The summed E-state index contributed by atoms with van der Waals surface area (Å²) >= 11 is 0. The van der Waals surface area contributed by atoms with E-state index in [0.29, 0.717) is 25.2 Å². The summed E-state index contributed by atoms with van der Waals surface area (Å²) in [7, 11) is 0. The second-order valence-electron chi connectivity index (χ2n) is 5.38. The fraction of sp³-hybridized carbons (Fsp3) is 0.562. The number of hydrogen-bond donors (Lipinski definition) is 2. The molecule has 2 rings (SSSR count). The second-order valence-corrected chi connectivity index (χ2v) is 5.38. The minimum absolute atomic E-state index is 0. The van der Waals surface area contributed by atoms with Crippen LogP contribution in [0.1, 0.15) is 44.6 Å². The topological polar surface area (TPSA) is 59.6 Å². The molecule has 0 saturated heterocycles. The molecule has 0 unspecified atom stereocenters. The number of nitrogens with zero attached hydrogens (tertiary/aromatic N) is 1. The first-order valence-corrected chi connectivity index (χ1v) is 7.66. The molecule has 1 aliphatic rings. The van der Waals surface area contributed by atoms with Gasteiger partial charge < -0.3 is 15.8 Å². The molecule has 0 spiro atoms. The maximum Gasteiger partial charge on any atom is 0.189 e. The smallest absolute Gasteiger partial charge is 0.189 e. The van der Waals surface area contributed by atoms with Crippen LogP contribution in [0, 0.1) is 5.82 Å². The van der Waals surface area contributed by atoms with Gasteiger partial charge in [0.15, 0.2) is 17.5 Å². The Hall–Kier alpha value is -1.05. The van der Waals surface area contributed by atoms with Crippen molar-refractivity contribution in [1.29, 1.82) is 0 Å². The molecule has 0 aromatic heterocycles. The Morgan fingerprint density at radius 2 is 2.09 bits per heavy atom. The average Bonchev–Trinajstić information content (AvgIpc) is 2.49. The number of nitrogens with two attached hydrogens (primary N) is 1. The van der Waals surface area contributed by atoms with Crippen molar-refractivity contribution in [2.75, 3.05) is 6.61 Å². The zero-order valence-electron chi connectivity index (χ0n) is 13.0. The summed E-state index contributed by atoms with van der Waals surface area (Å²) in [6.45, 7) is 2.65. The number of nitrogens with one attached hydrogen (secondary N) is 1. The lowest BCUT2D eigenvalue weighted by Crippen LogP contribution is -2.41. The van der Waals surface area contributed by atoms with Crippen LogP contribution in [0.15, 0.2) is 23.2 Å². The number of aliphatic imine (C=N–C) groups is 1. The third-order valence-electron chi connectivity index (χ3n) is 3.69. The average molecular weight is 421 g/mol. The van der Waals surface area contributed by atoms with E-state index in [-0.39, 0.29) is 35.5 Å². The van der Waals surface area contributed by atoms with Gasteiger partial charge in [0.1, 0.15) is 0 Å². The van der Waals surface area contributed by atoms with Crippen LogP contribution in [0.2, 0.25) is 0 Å². The van der Waals surface area contributed by atoms with Gasteiger partial charge in [0.05, 0.1) is 13.2 Å². The maximum atomic E-state index is 13.7. The monoisotopic (exact) mass is 421 g/mol. The number of rotatable bonds is 5. The zero-order chi connectivity index (χ0) is 15.1. The van der Waals surface area contributed by atoms with E-state index < -0.39 is 0 Å². The van der Waals surface area contributed by atoms with E-state index in [4.69, 9.17) is 10.5 Å². The zero-order valence-corrected chi connectivity index (χ0v) is 15.3. The van der Waals surface area contributed by atoms with E-state index >= 15 is 0 Å². The lowest BCUT2D eigenvalue weighted by Gasteiger charge is -2.23. The highest BCUT2D eigenvalue weighted by atomic mass is 127. The Balaban J connectivity index is 0.00000242. The maximum absolute atomic E-state index is 13.7. The molecule has 1 saturated carbocycles. The molecule has 0 aliphatic heterocycles. The van der Waals surface area contributed by atoms with Crippen molar-refractivity contribution in [3.8, 4) is 5.75 Å². The van der Waals surface area contributed by atoms with Crippen LogP contribution in [0.25, 0.3) is 0 Å². The van der Waals surface area contributed by atoms with Crippen molar-refractivity contribution in [1.82, 2.24) is 5.32 Å². The van der Waals surface area contributed by atoms with Gasteiger partial charge in [-0.1, -0.05) is 25.3 Å². The lowest BCUT2D eigenvalue weighted by molar-refractivity contribution is 0.321. The second kappa shape index (κ2) is 9.86. The van der Waals surface area contributed by atoms with E-state index in [2.05, 4.69) is 10.3 Å².